The fourth-order valence-corrected chi connectivity index (χ4v) is 2.56. The molecule has 1 amide bonds. The van der Waals surface area contributed by atoms with Crippen molar-refractivity contribution in [2.75, 3.05) is 5.32 Å². The van der Waals surface area contributed by atoms with Crippen LogP contribution in [0.25, 0.3) is 0 Å². The van der Waals surface area contributed by atoms with E-state index in [1.54, 1.807) is 0 Å². The Hall–Kier alpha value is -2.11. The van der Waals surface area contributed by atoms with E-state index >= 15 is 0 Å². The number of anilines is 1. The van der Waals surface area contributed by atoms with Crippen LogP contribution < -0.4 is 5.32 Å². The second kappa shape index (κ2) is 5.11. The summed E-state index contributed by atoms with van der Waals surface area (Å²) in [4.78, 5) is 12.3. The lowest BCUT2D eigenvalue weighted by Crippen LogP contribution is -2.35. The van der Waals surface area contributed by atoms with Gasteiger partial charge in [0.05, 0.1) is 5.69 Å². The molecule has 0 aromatic heterocycles. The molecule has 0 atom stereocenters. The first kappa shape index (κ1) is 14.3. The number of hydrogen-bond acceptors (Lipinski definition) is 5. The second-order valence-electron chi connectivity index (χ2n) is 5.56. The van der Waals surface area contributed by atoms with Crippen LogP contribution in [-0.2, 0) is 4.79 Å². The summed E-state index contributed by atoms with van der Waals surface area (Å²) in [7, 11) is 0. The minimum atomic E-state index is -0.853. The molecule has 0 aliphatic heterocycles. The molecule has 6 nitrogen and oxygen atoms in total. The molecular formula is C14H19NO5. The molecule has 2 rings (SSSR count). The number of rotatable bonds is 2. The highest BCUT2D eigenvalue weighted by Gasteiger charge is 2.35. The Morgan fingerprint density at radius 3 is 2.25 bits per heavy atom. The van der Waals surface area contributed by atoms with Crippen molar-refractivity contribution in [1.82, 2.24) is 0 Å². The van der Waals surface area contributed by atoms with Crippen molar-refractivity contribution in [2.24, 2.45) is 5.41 Å². The van der Waals surface area contributed by atoms with Crippen LogP contribution in [0.1, 0.15) is 39.0 Å². The van der Waals surface area contributed by atoms with Crippen molar-refractivity contribution in [3.8, 4) is 23.0 Å². The summed E-state index contributed by atoms with van der Waals surface area (Å²) in [6, 6.07) is 1.01. The van der Waals surface area contributed by atoms with E-state index in [4.69, 9.17) is 0 Å². The van der Waals surface area contributed by atoms with E-state index in [0.717, 1.165) is 38.2 Å². The largest absolute Gasteiger partial charge is 0.504 e. The summed E-state index contributed by atoms with van der Waals surface area (Å²) in [5.41, 5.74) is -0.636. The summed E-state index contributed by atoms with van der Waals surface area (Å²) in [5, 5.41) is 40.3. The molecule has 5 N–H and O–H groups in total. The number of carbonyl (C=O) groups is 1. The SMILES string of the molecule is CC1(C(=O)Nc2cc(O)c(O)c(O)c2O)CCCCC1. The molecule has 1 aromatic carbocycles. The van der Waals surface area contributed by atoms with Gasteiger partial charge in [-0.3, -0.25) is 4.79 Å². The maximum atomic E-state index is 12.3. The van der Waals surface area contributed by atoms with Gasteiger partial charge in [0.1, 0.15) is 0 Å². The zero-order chi connectivity index (χ0) is 14.9. The zero-order valence-corrected chi connectivity index (χ0v) is 11.3. The van der Waals surface area contributed by atoms with Crippen LogP contribution in [0.4, 0.5) is 5.69 Å². The smallest absolute Gasteiger partial charge is 0.230 e. The highest BCUT2D eigenvalue weighted by Crippen LogP contribution is 2.47. The molecule has 1 saturated carbocycles. The van der Waals surface area contributed by atoms with Crippen molar-refractivity contribution < 1.29 is 25.2 Å². The van der Waals surface area contributed by atoms with Gasteiger partial charge in [0.2, 0.25) is 17.4 Å². The van der Waals surface area contributed by atoms with Gasteiger partial charge >= 0.3 is 0 Å². The number of phenols is 4. The lowest BCUT2D eigenvalue weighted by molar-refractivity contribution is -0.126. The number of aromatic hydroxyl groups is 4. The molecule has 0 unspecified atom stereocenters. The van der Waals surface area contributed by atoms with E-state index in [-0.39, 0.29) is 11.6 Å². The molecule has 20 heavy (non-hydrogen) atoms. The quantitative estimate of drug-likeness (QED) is 0.422. The molecule has 1 aliphatic carbocycles. The standard InChI is InChI=1S/C14H19NO5/c1-14(5-3-2-4-6-14)13(20)15-8-7-9(16)11(18)12(19)10(8)17/h7,16-19H,2-6H2,1H3,(H,15,20). The third kappa shape index (κ3) is 2.45. The normalized spacial score (nSPS) is 17.6. The minimum absolute atomic E-state index is 0.116. The van der Waals surface area contributed by atoms with Crippen molar-refractivity contribution in [3.05, 3.63) is 6.07 Å². The van der Waals surface area contributed by atoms with Crippen molar-refractivity contribution >= 4 is 11.6 Å². The number of nitrogens with one attached hydrogen (secondary N) is 1. The molecule has 0 bridgehead atoms. The van der Waals surface area contributed by atoms with Gasteiger partial charge < -0.3 is 25.7 Å². The van der Waals surface area contributed by atoms with Gasteiger partial charge in [-0.15, -0.1) is 0 Å². The Kier molecular flexibility index (Phi) is 3.65. The van der Waals surface area contributed by atoms with Crippen LogP contribution >= 0.6 is 0 Å². The Morgan fingerprint density at radius 1 is 1.05 bits per heavy atom. The third-order valence-electron chi connectivity index (χ3n) is 3.98. The van der Waals surface area contributed by atoms with Crippen molar-refractivity contribution in [2.45, 2.75) is 39.0 Å². The van der Waals surface area contributed by atoms with Gasteiger partial charge in [-0.2, -0.15) is 0 Å². The molecule has 1 fully saturated rings. The maximum Gasteiger partial charge on any atom is 0.230 e. The van der Waals surface area contributed by atoms with E-state index in [0.29, 0.717) is 0 Å². The Bertz CT molecular complexity index is 535. The molecule has 6 heteroatoms. The highest BCUT2D eigenvalue weighted by molar-refractivity contribution is 5.97. The van der Waals surface area contributed by atoms with Gasteiger partial charge in [-0.25, -0.2) is 0 Å². The van der Waals surface area contributed by atoms with Gasteiger partial charge in [-0.1, -0.05) is 26.2 Å². The van der Waals surface area contributed by atoms with E-state index in [1.807, 2.05) is 6.92 Å². The highest BCUT2D eigenvalue weighted by atomic mass is 16.3. The molecule has 1 aromatic rings. The van der Waals surface area contributed by atoms with E-state index < -0.39 is 28.4 Å². The monoisotopic (exact) mass is 281 g/mol. The topological polar surface area (TPSA) is 110 Å². The Labute approximate surface area is 116 Å². The average Bonchev–Trinajstić information content (AvgIpc) is 2.43. The molecule has 0 radical (unpaired) electrons. The summed E-state index contributed by atoms with van der Waals surface area (Å²) >= 11 is 0. The van der Waals surface area contributed by atoms with Crippen molar-refractivity contribution in [1.29, 1.82) is 0 Å². The lowest BCUT2D eigenvalue weighted by Gasteiger charge is -2.32. The summed E-state index contributed by atoms with van der Waals surface area (Å²) in [6.45, 7) is 1.86. The second-order valence-corrected chi connectivity index (χ2v) is 5.56. The van der Waals surface area contributed by atoms with Crippen LogP contribution in [0.3, 0.4) is 0 Å². The molecule has 0 spiro atoms. The fourth-order valence-electron chi connectivity index (χ4n) is 2.56. The van der Waals surface area contributed by atoms with Gasteiger partial charge in [0.15, 0.2) is 11.5 Å². The van der Waals surface area contributed by atoms with E-state index in [9.17, 15) is 25.2 Å². The first-order chi connectivity index (χ1) is 9.35. The number of phenolic OH excluding ortho intramolecular Hbond substituents is 4. The number of benzene rings is 1. The average molecular weight is 281 g/mol. The molecule has 1 aliphatic rings. The predicted molar refractivity (Wildman–Crippen MR) is 72.9 cm³/mol. The predicted octanol–water partition coefficient (Wildman–Crippen LogP) is 2.42. The van der Waals surface area contributed by atoms with Gasteiger partial charge in [0, 0.05) is 11.5 Å². The first-order valence-corrected chi connectivity index (χ1v) is 6.63. The van der Waals surface area contributed by atoms with E-state index in [1.165, 1.54) is 0 Å². The minimum Gasteiger partial charge on any atom is -0.504 e. The Balaban J connectivity index is 2.24. The molecule has 0 heterocycles. The number of carbonyl (C=O) groups excluding carboxylic acids is 1. The van der Waals surface area contributed by atoms with Crippen LogP contribution in [0.2, 0.25) is 0 Å². The Morgan fingerprint density at radius 2 is 1.65 bits per heavy atom. The van der Waals surface area contributed by atoms with Gasteiger partial charge in [-0.05, 0) is 12.8 Å². The fraction of sp³-hybridized carbons (Fsp3) is 0.500. The van der Waals surface area contributed by atoms with Crippen LogP contribution in [-0.4, -0.2) is 26.3 Å². The zero-order valence-electron chi connectivity index (χ0n) is 11.3. The number of hydrogen-bond donors (Lipinski definition) is 5. The maximum absolute atomic E-state index is 12.3. The third-order valence-corrected chi connectivity index (χ3v) is 3.98. The lowest BCUT2D eigenvalue weighted by atomic mass is 9.75. The summed E-state index contributed by atoms with van der Waals surface area (Å²) in [5.74, 6) is -3.20. The summed E-state index contributed by atoms with van der Waals surface area (Å²) < 4.78 is 0. The van der Waals surface area contributed by atoms with Crippen LogP contribution in [0.5, 0.6) is 23.0 Å². The summed E-state index contributed by atoms with van der Waals surface area (Å²) in [6.07, 6.45) is 4.57. The van der Waals surface area contributed by atoms with Gasteiger partial charge in [0.25, 0.3) is 0 Å². The van der Waals surface area contributed by atoms with Crippen molar-refractivity contribution in [3.63, 3.8) is 0 Å². The molecule has 110 valence electrons. The van der Waals surface area contributed by atoms with Crippen LogP contribution in [0.15, 0.2) is 6.07 Å². The first-order valence-electron chi connectivity index (χ1n) is 6.63. The van der Waals surface area contributed by atoms with Crippen LogP contribution in [0, 0.1) is 5.41 Å². The van der Waals surface area contributed by atoms with E-state index in [2.05, 4.69) is 5.32 Å². The molecule has 0 saturated heterocycles. The number of amides is 1. The molecular weight excluding hydrogens is 262 g/mol.